The molecular formula is C13H19NO3. The summed E-state index contributed by atoms with van der Waals surface area (Å²) in [7, 11) is 1.34. The zero-order valence-electron chi connectivity index (χ0n) is 10.4. The minimum Gasteiger partial charge on any atom is -0.468 e. The van der Waals surface area contributed by atoms with Crippen LogP contribution in [-0.4, -0.2) is 36.9 Å². The van der Waals surface area contributed by atoms with E-state index in [0.717, 1.165) is 25.2 Å². The van der Waals surface area contributed by atoms with Crippen LogP contribution in [0, 0.1) is 11.8 Å². The van der Waals surface area contributed by atoms with Gasteiger partial charge in [0.25, 0.3) is 0 Å². The average Bonchev–Trinajstić information content (AvgIpc) is 2.81. The first-order valence-electron chi connectivity index (χ1n) is 6.20. The smallest absolute Gasteiger partial charge is 0.316 e. The van der Waals surface area contributed by atoms with Gasteiger partial charge < -0.3 is 9.64 Å². The van der Waals surface area contributed by atoms with Crippen LogP contribution < -0.4 is 0 Å². The van der Waals surface area contributed by atoms with Gasteiger partial charge in [0, 0.05) is 24.9 Å². The van der Waals surface area contributed by atoms with Crippen LogP contribution in [0.5, 0.6) is 0 Å². The second kappa shape index (κ2) is 4.90. The van der Waals surface area contributed by atoms with Gasteiger partial charge in [-0.2, -0.15) is 0 Å². The molecule has 4 nitrogen and oxygen atoms in total. The summed E-state index contributed by atoms with van der Waals surface area (Å²) in [5.74, 6) is -1.07. The van der Waals surface area contributed by atoms with Gasteiger partial charge in [-0.3, -0.25) is 9.59 Å². The van der Waals surface area contributed by atoms with Gasteiger partial charge in [-0.05, 0) is 25.2 Å². The highest BCUT2D eigenvalue weighted by molar-refractivity contribution is 6.06. The number of ether oxygens (including phenoxy) is 1. The first-order chi connectivity index (χ1) is 8.13. The molecule has 0 spiro atoms. The molecule has 0 aromatic carbocycles. The number of hydrogen-bond donors (Lipinski definition) is 0. The molecule has 0 amide bonds. The lowest BCUT2D eigenvalue weighted by atomic mass is 9.81. The third-order valence-electron chi connectivity index (χ3n) is 3.68. The van der Waals surface area contributed by atoms with Crippen LogP contribution >= 0.6 is 0 Å². The van der Waals surface area contributed by atoms with Gasteiger partial charge >= 0.3 is 5.97 Å². The summed E-state index contributed by atoms with van der Waals surface area (Å²) in [5.41, 5.74) is 1.10. The Bertz CT molecular complexity index is 356. The number of methoxy groups -OCH3 is 1. The summed E-state index contributed by atoms with van der Waals surface area (Å²) in [6, 6.07) is 0. The molecule has 0 N–H and O–H groups in total. The van der Waals surface area contributed by atoms with Crippen molar-refractivity contribution in [1.82, 2.24) is 4.90 Å². The second-order valence-electron chi connectivity index (χ2n) is 4.91. The van der Waals surface area contributed by atoms with Gasteiger partial charge in [-0.25, -0.2) is 0 Å². The van der Waals surface area contributed by atoms with Crippen molar-refractivity contribution in [2.75, 3.05) is 20.2 Å². The summed E-state index contributed by atoms with van der Waals surface area (Å²) in [5, 5.41) is 0. The summed E-state index contributed by atoms with van der Waals surface area (Å²) in [6.07, 6.45) is 4.83. The molecule has 4 heteroatoms. The monoisotopic (exact) mass is 237 g/mol. The van der Waals surface area contributed by atoms with Crippen molar-refractivity contribution in [2.45, 2.75) is 26.2 Å². The maximum atomic E-state index is 12.0. The molecule has 2 atom stereocenters. The molecule has 0 aromatic rings. The highest BCUT2D eigenvalue weighted by atomic mass is 16.5. The molecule has 17 heavy (non-hydrogen) atoms. The van der Waals surface area contributed by atoms with Gasteiger partial charge in [0.05, 0.1) is 7.11 Å². The Hall–Kier alpha value is -1.32. The molecule has 0 aromatic heterocycles. The van der Waals surface area contributed by atoms with Gasteiger partial charge in [0.15, 0.2) is 5.78 Å². The number of carbonyl (C=O) groups is 2. The Morgan fingerprint density at radius 3 is 2.59 bits per heavy atom. The quantitative estimate of drug-likeness (QED) is 0.537. The Morgan fingerprint density at radius 2 is 2.06 bits per heavy atom. The maximum absolute atomic E-state index is 12.0. The van der Waals surface area contributed by atoms with Crippen LogP contribution in [0.1, 0.15) is 26.2 Å². The van der Waals surface area contributed by atoms with Gasteiger partial charge in [-0.1, -0.05) is 6.92 Å². The molecule has 0 saturated carbocycles. The normalized spacial score (nSPS) is 29.2. The lowest BCUT2D eigenvalue weighted by molar-refractivity contribution is -0.150. The van der Waals surface area contributed by atoms with E-state index < -0.39 is 11.9 Å². The molecule has 1 saturated heterocycles. The van der Waals surface area contributed by atoms with E-state index in [1.165, 1.54) is 20.0 Å². The number of likely N-dealkylation sites (tertiary alicyclic amines) is 1. The van der Waals surface area contributed by atoms with E-state index in [2.05, 4.69) is 9.64 Å². The third-order valence-corrected chi connectivity index (χ3v) is 3.68. The average molecular weight is 237 g/mol. The molecule has 2 rings (SSSR count). The number of esters is 1. The van der Waals surface area contributed by atoms with Crippen molar-refractivity contribution in [2.24, 2.45) is 11.8 Å². The molecule has 0 unspecified atom stereocenters. The predicted molar refractivity (Wildman–Crippen MR) is 63.2 cm³/mol. The Labute approximate surface area is 102 Å². The zero-order valence-corrected chi connectivity index (χ0v) is 10.4. The topological polar surface area (TPSA) is 46.6 Å². The van der Waals surface area contributed by atoms with E-state index in [4.69, 9.17) is 0 Å². The number of allylic oxidation sites excluding steroid dienone is 2. The van der Waals surface area contributed by atoms with E-state index >= 15 is 0 Å². The van der Waals surface area contributed by atoms with E-state index in [-0.39, 0.29) is 11.7 Å². The molecule has 2 aliphatic rings. The van der Waals surface area contributed by atoms with Crippen molar-refractivity contribution >= 4 is 11.8 Å². The fourth-order valence-electron chi connectivity index (χ4n) is 2.74. The first kappa shape index (κ1) is 12.1. The predicted octanol–water partition coefficient (Wildman–Crippen LogP) is 1.36. The van der Waals surface area contributed by atoms with E-state index in [1.54, 1.807) is 6.08 Å². The third kappa shape index (κ3) is 2.35. The molecular weight excluding hydrogens is 218 g/mol. The van der Waals surface area contributed by atoms with Crippen LogP contribution in [0.4, 0.5) is 0 Å². The Balaban J connectivity index is 2.14. The van der Waals surface area contributed by atoms with Gasteiger partial charge in [-0.15, -0.1) is 0 Å². The number of nitrogens with zero attached hydrogens (tertiary/aromatic N) is 1. The lowest BCUT2D eigenvalue weighted by Crippen LogP contribution is -2.36. The van der Waals surface area contributed by atoms with Crippen LogP contribution in [-0.2, 0) is 14.3 Å². The SMILES string of the molecule is COC(=O)[C@H]1C(=O)C=C(N2CCCC2)C[C@H]1C. The lowest BCUT2D eigenvalue weighted by Gasteiger charge is -2.30. The molecule has 0 radical (unpaired) electrons. The minimum atomic E-state index is -0.605. The van der Waals surface area contributed by atoms with Crippen molar-refractivity contribution < 1.29 is 14.3 Å². The molecule has 1 fully saturated rings. The summed E-state index contributed by atoms with van der Waals surface area (Å²) < 4.78 is 4.69. The minimum absolute atomic E-state index is 0.0375. The van der Waals surface area contributed by atoms with Crippen LogP contribution in [0.25, 0.3) is 0 Å². The van der Waals surface area contributed by atoms with Crippen molar-refractivity contribution in [3.05, 3.63) is 11.8 Å². The summed E-state index contributed by atoms with van der Waals surface area (Å²) in [4.78, 5) is 25.8. The van der Waals surface area contributed by atoms with E-state index in [9.17, 15) is 9.59 Å². The Kier molecular flexibility index (Phi) is 3.50. The maximum Gasteiger partial charge on any atom is 0.316 e. The van der Waals surface area contributed by atoms with Crippen LogP contribution in [0.2, 0.25) is 0 Å². The van der Waals surface area contributed by atoms with Gasteiger partial charge in [0.2, 0.25) is 0 Å². The number of ketones is 1. The number of carbonyl (C=O) groups excluding carboxylic acids is 2. The molecule has 1 aliphatic carbocycles. The van der Waals surface area contributed by atoms with Crippen LogP contribution in [0.15, 0.2) is 11.8 Å². The molecule has 94 valence electrons. The van der Waals surface area contributed by atoms with Crippen molar-refractivity contribution in [3.8, 4) is 0 Å². The highest BCUT2D eigenvalue weighted by Gasteiger charge is 2.37. The Morgan fingerprint density at radius 1 is 1.41 bits per heavy atom. The van der Waals surface area contributed by atoms with Gasteiger partial charge in [0.1, 0.15) is 5.92 Å². The standard InChI is InChI=1S/C13H19NO3/c1-9-7-10(14-5-3-4-6-14)8-11(15)12(9)13(16)17-2/h8-9,12H,3-7H2,1-2H3/t9-,12-/m1/s1. The zero-order chi connectivity index (χ0) is 12.4. The summed E-state index contributed by atoms with van der Waals surface area (Å²) in [6.45, 7) is 4.02. The number of hydrogen-bond acceptors (Lipinski definition) is 4. The summed E-state index contributed by atoms with van der Waals surface area (Å²) >= 11 is 0. The molecule has 0 bridgehead atoms. The number of rotatable bonds is 2. The highest BCUT2D eigenvalue weighted by Crippen LogP contribution is 2.31. The second-order valence-corrected chi connectivity index (χ2v) is 4.91. The fourth-order valence-corrected chi connectivity index (χ4v) is 2.74. The van der Waals surface area contributed by atoms with Crippen molar-refractivity contribution in [3.63, 3.8) is 0 Å². The largest absolute Gasteiger partial charge is 0.468 e. The van der Waals surface area contributed by atoms with E-state index in [1.807, 2.05) is 6.92 Å². The van der Waals surface area contributed by atoms with Crippen LogP contribution in [0.3, 0.4) is 0 Å². The molecule has 1 heterocycles. The molecule has 1 aliphatic heterocycles. The fraction of sp³-hybridized carbons (Fsp3) is 0.692. The first-order valence-corrected chi connectivity index (χ1v) is 6.20. The van der Waals surface area contributed by atoms with E-state index in [0.29, 0.717) is 0 Å². The van der Waals surface area contributed by atoms with Crippen molar-refractivity contribution in [1.29, 1.82) is 0 Å².